The molecule has 0 atom stereocenters. The van der Waals surface area contributed by atoms with Gasteiger partial charge >= 0.3 is 0 Å². The Morgan fingerprint density at radius 1 is 1.17 bits per heavy atom. The summed E-state index contributed by atoms with van der Waals surface area (Å²) in [6.07, 6.45) is 0.911. The molecule has 0 unspecified atom stereocenters. The molecule has 0 radical (unpaired) electrons. The largest absolute Gasteiger partial charge is 0.454 e. The Morgan fingerprint density at radius 2 is 1.97 bits per heavy atom. The molecular formula is C22H19FN2O4. The van der Waals surface area contributed by atoms with Crippen molar-refractivity contribution in [2.24, 2.45) is 0 Å². The molecule has 1 amide bonds. The summed E-state index contributed by atoms with van der Waals surface area (Å²) >= 11 is 0. The van der Waals surface area contributed by atoms with Crippen LogP contribution >= 0.6 is 0 Å². The molecule has 0 N–H and O–H groups in total. The van der Waals surface area contributed by atoms with Gasteiger partial charge in [-0.1, -0.05) is 6.07 Å². The monoisotopic (exact) mass is 394 g/mol. The lowest BCUT2D eigenvalue weighted by molar-refractivity contribution is -0.131. The molecule has 29 heavy (non-hydrogen) atoms. The molecule has 0 aliphatic carbocycles. The summed E-state index contributed by atoms with van der Waals surface area (Å²) in [4.78, 5) is 19.1. The van der Waals surface area contributed by atoms with Gasteiger partial charge in [0.2, 0.25) is 18.6 Å². The molecule has 0 fully saturated rings. The van der Waals surface area contributed by atoms with Crippen LogP contribution in [0.15, 0.2) is 40.8 Å². The van der Waals surface area contributed by atoms with Gasteiger partial charge in [0.15, 0.2) is 11.5 Å². The van der Waals surface area contributed by atoms with Crippen molar-refractivity contribution >= 4 is 5.91 Å². The van der Waals surface area contributed by atoms with Crippen molar-refractivity contribution in [3.8, 4) is 23.0 Å². The van der Waals surface area contributed by atoms with Crippen LogP contribution in [-0.2, 0) is 24.2 Å². The predicted molar refractivity (Wildman–Crippen MR) is 102 cm³/mol. The standard InChI is InChI=1S/C22H19FN2O4/c1-13-18(24-22(29-13)15-3-2-4-17(23)7-15)10-21(26)25-6-5-14-8-19-20(28-12-27-19)9-16(14)11-25/h2-4,7-9H,5-6,10-12H2,1H3. The van der Waals surface area contributed by atoms with Crippen LogP contribution in [0.2, 0.25) is 0 Å². The van der Waals surface area contributed by atoms with Crippen LogP contribution in [0, 0.1) is 12.7 Å². The average Bonchev–Trinajstić information content (AvgIpc) is 3.32. The fourth-order valence-electron chi connectivity index (χ4n) is 3.75. The van der Waals surface area contributed by atoms with E-state index < -0.39 is 0 Å². The molecule has 1 aromatic heterocycles. The average molecular weight is 394 g/mol. The van der Waals surface area contributed by atoms with Crippen molar-refractivity contribution in [2.75, 3.05) is 13.3 Å². The first-order chi connectivity index (χ1) is 14.1. The number of rotatable bonds is 3. The molecule has 2 aromatic carbocycles. The molecule has 6 nitrogen and oxygen atoms in total. The predicted octanol–water partition coefficient (Wildman–Crippen LogP) is 3.65. The summed E-state index contributed by atoms with van der Waals surface area (Å²) in [7, 11) is 0. The summed E-state index contributed by atoms with van der Waals surface area (Å²) in [5, 5.41) is 0. The minimum atomic E-state index is -0.358. The SMILES string of the molecule is Cc1oc(-c2cccc(F)c2)nc1CC(=O)N1CCc2cc3c(cc2C1)OCO3. The Bertz CT molecular complexity index is 1110. The molecule has 5 rings (SSSR count). The zero-order valence-electron chi connectivity index (χ0n) is 15.9. The maximum absolute atomic E-state index is 13.5. The summed E-state index contributed by atoms with van der Waals surface area (Å²) in [5.74, 6) is 2.01. The molecule has 7 heteroatoms. The van der Waals surface area contributed by atoms with E-state index in [9.17, 15) is 9.18 Å². The van der Waals surface area contributed by atoms with Gasteiger partial charge in [0.25, 0.3) is 0 Å². The molecule has 3 aromatic rings. The number of carbonyl (C=O) groups is 1. The van der Waals surface area contributed by atoms with E-state index in [1.807, 2.05) is 17.0 Å². The summed E-state index contributed by atoms with van der Waals surface area (Å²) in [6, 6.07) is 10.0. The van der Waals surface area contributed by atoms with E-state index in [1.54, 1.807) is 19.1 Å². The van der Waals surface area contributed by atoms with Crippen molar-refractivity contribution in [1.29, 1.82) is 0 Å². The van der Waals surface area contributed by atoms with Gasteiger partial charge in [0, 0.05) is 18.7 Å². The van der Waals surface area contributed by atoms with Crippen molar-refractivity contribution in [1.82, 2.24) is 9.88 Å². The first-order valence-corrected chi connectivity index (χ1v) is 9.48. The Labute approximate surface area is 166 Å². The number of halogens is 1. The van der Waals surface area contributed by atoms with Crippen molar-refractivity contribution in [2.45, 2.75) is 26.3 Å². The van der Waals surface area contributed by atoms with Crippen molar-refractivity contribution in [3.63, 3.8) is 0 Å². The van der Waals surface area contributed by atoms with Crippen LogP contribution < -0.4 is 9.47 Å². The molecule has 3 heterocycles. The number of carbonyl (C=O) groups excluding carboxylic acids is 1. The van der Waals surface area contributed by atoms with Crippen molar-refractivity contribution < 1.29 is 23.1 Å². The number of aromatic nitrogens is 1. The van der Waals surface area contributed by atoms with Gasteiger partial charge in [-0.3, -0.25) is 4.79 Å². The highest BCUT2D eigenvalue weighted by atomic mass is 19.1. The second-order valence-electron chi connectivity index (χ2n) is 7.25. The quantitative estimate of drug-likeness (QED) is 0.679. The first-order valence-electron chi connectivity index (χ1n) is 9.48. The Hall–Kier alpha value is -3.35. The highest BCUT2D eigenvalue weighted by Crippen LogP contribution is 2.36. The highest BCUT2D eigenvalue weighted by molar-refractivity contribution is 5.79. The molecule has 148 valence electrons. The van der Waals surface area contributed by atoms with Crippen LogP contribution in [0.5, 0.6) is 11.5 Å². The second kappa shape index (κ2) is 6.92. The third kappa shape index (κ3) is 3.33. The third-order valence-corrected chi connectivity index (χ3v) is 5.34. The van der Waals surface area contributed by atoms with Crippen LogP contribution in [0.3, 0.4) is 0 Å². The minimum Gasteiger partial charge on any atom is -0.454 e. The normalized spacial score (nSPS) is 14.8. The van der Waals surface area contributed by atoms with E-state index in [2.05, 4.69) is 4.98 Å². The van der Waals surface area contributed by atoms with Gasteiger partial charge < -0.3 is 18.8 Å². The van der Waals surface area contributed by atoms with E-state index in [-0.39, 0.29) is 24.9 Å². The summed E-state index contributed by atoms with van der Waals surface area (Å²) in [6.45, 7) is 3.17. The number of hydrogen-bond acceptors (Lipinski definition) is 5. The Balaban J connectivity index is 1.32. The van der Waals surface area contributed by atoms with Gasteiger partial charge in [-0.2, -0.15) is 0 Å². The summed E-state index contributed by atoms with van der Waals surface area (Å²) < 4.78 is 30.0. The highest BCUT2D eigenvalue weighted by Gasteiger charge is 2.26. The van der Waals surface area contributed by atoms with E-state index in [1.165, 1.54) is 17.7 Å². The third-order valence-electron chi connectivity index (χ3n) is 5.34. The van der Waals surface area contributed by atoms with Crippen molar-refractivity contribution in [3.05, 3.63) is 64.8 Å². The zero-order chi connectivity index (χ0) is 20.0. The van der Waals surface area contributed by atoms with Crippen LogP contribution in [0.1, 0.15) is 22.6 Å². The number of oxazole rings is 1. The molecular weight excluding hydrogens is 375 g/mol. The molecule has 2 aliphatic heterocycles. The number of amides is 1. The second-order valence-corrected chi connectivity index (χ2v) is 7.25. The van der Waals surface area contributed by atoms with E-state index in [0.717, 1.165) is 23.5 Å². The lowest BCUT2D eigenvalue weighted by Gasteiger charge is -2.29. The smallest absolute Gasteiger partial charge is 0.231 e. The summed E-state index contributed by atoms with van der Waals surface area (Å²) in [5.41, 5.74) is 3.39. The fraction of sp³-hybridized carbons (Fsp3) is 0.273. The maximum Gasteiger partial charge on any atom is 0.231 e. The van der Waals surface area contributed by atoms with Gasteiger partial charge in [-0.05, 0) is 54.8 Å². The molecule has 0 spiro atoms. The van der Waals surface area contributed by atoms with Gasteiger partial charge in [0.05, 0.1) is 12.1 Å². The minimum absolute atomic E-state index is 0.0180. The zero-order valence-corrected chi connectivity index (χ0v) is 15.9. The Kier molecular flexibility index (Phi) is 4.23. The molecule has 0 saturated carbocycles. The molecule has 0 saturated heterocycles. The van der Waals surface area contributed by atoms with E-state index in [4.69, 9.17) is 13.9 Å². The van der Waals surface area contributed by atoms with Gasteiger partial charge in [0.1, 0.15) is 11.6 Å². The number of hydrogen-bond donors (Lipinski definition) is 0. The molecule has 0 bridgehead atoms. The number of benzene rings is 2. The lowest BCUT2D eigenvalue weighted by Crippen LogP contribution is -2.37. The van der Waals surface area contributed by atoms with Crippen LogP contribution in [-0.4, -0.2) is 29.1 Å². The number of nitrogens with zero attached hydrogens (tertiary/aromatic N) is 2. The fourth-order valence-corrected chi connectivity index (χ4v) is 3.75. The number of ether oxygens (including phenoxy) is 2. The number of fused-ring (bicyclic) bond motifs is 2. The van der Waals surface area contributed by atoms with E-state index in [0.29, 0.717) is 36.0 Å². The maximum atomic E-state index is 13.5. The van der Waals surface area contributed by atoms with Crippen LogP contribution in [0.25, 0.3) is 11.5 Å². The first kappa shape index (κ1) is 17.7. The van der Waals surface area contributed by atoms with Gasteiger partial charge in [-0.25, -0.2) is 9.37 Å². The van der Waals surface area contributed by atoms with Crippen LogP contribution in [0.4, 0.5) is 4.39 Å². The number of aryl methyl sites for hydroxylation is 1. The van der Waals surface area contributed by atoms with Gasteiger partial charge in [-0.15, -0.1) is 0 Å². The van der Waals surface area contributed by atoms with E-state index >= 15 is 0 Å². The Morgan fingerprint density at radius 3 is 2.76 bits per heavy atom. The lowest BCUT2D eigenvalue weighted by atomic mass is 9.98. The topological polar surface area (TPSA) is 64.8 Å². The molecule has 2 aliphatic rings.